The van der Waals surface area contributed by atoms with Gasteiger partial charge in [0, 0.05) is 18.2 Å². The fourth-order valence-electron chi connectivity index (χ4n) is 1.12. The number of carbonyl (C=O) groups excluding carboxylic acids is 2. The van der Waals surface area contributed by atoms with Gasteiger partial charge in [-0.3, -0.25) is 0 Å². The third kappa shape index (κ3) is 12.3. The first kappa shape index (κ1) is 19.9. The Labute approximate surface area is 134 Å². The van der Waals surface area contributed by atoms with E-state index < -0.39 is 17.9 Å². The van der Waals surface area contributed by atoms with Gasteiger partial charge in [-0.2, -0.15) is 0 Å². The van der Waals surface area contributed by atoms with Crippen LogP contribution >= 0.6 is 0 Å². The Bertz CT molecular complexity index is 560. The van der Waals surface area contributed by atoms with E-state index in [1.807, 2.05) is 36.4 Å². The highest BCUT2D eigenvalue weighted by atomic mass is 16.6. The zero-order valence-electron chi connectivity index (χ0n) is 12.5. The molecular formula is C17H18O6. The van der Waals surface area contributed by atoms with Gasteiger partial charge >= 0.3 is 17.9 Å². The van der Waals surface area contributed by atoms with E-state index in [0.29, 0.717) is 6.08 Å². The number of carboxylic acids is 1. The normalized spacial score (nSPS) is 9.22. The summed E-state index contributed by atoms with van der Waals surface area (Å²) >= 11 is 0. The van der Waals surface area contributed by atoms with Crippen LogP contribution in [-0.2, 0) is 23.9 Å². The molecule has 0 saturated heterocycles. The first-order valence-corrected chi connectivity index (χ1v) is 6.54. The molecule has 122 valence electrons. The summed E-state index contributed by atoms with van der Waals surface area (Å²) in [4.78, 5) is 31.2. The van der Waals surface area contributed by atoms with Crippen molar-refractivity contribution in [2.24, 2.45) is 0 Å². The quantitative estimate of drug-likeness (QED) is 0.471. The fraction of sp³-hybridized carbons (Fsp3) is 0.118. The summed E-state index contributed by atoms with van der Waals surface area (Å²) in [5.74, 6) is -2.68. The van der Waals surface area contributed by atoms with E-state index >= 15 is 0 Å². The molecule has 23 heavy (non-hydrogen) atoms. The Morgan fingerprint density at radius 1 is 0.957 bits per heavy atom. The van der Waals surface area contributed by atoms with Crippen LogP contribution in [0.2, 0.25) is 0 Å². The van der Waals surface area contributed by atoms with E-state index in [2.05, 4.69) is 22.6 Å². The number of hydrogen-bond acceptors (Lipinski definition) is 5. The second kappa shape index (κ2) is 12.6. The minimum Gasteiger partial charge on any atom is -0.478 e. The molecule has 1 N–H and O–H groups in total. The molecule has 1 aromatic carbocycles. The van der Waals surface area contributed by atoms with Crippen molar-refractivity contribution in [2.75, 3.05) is 13.2 Å². The molecular weight excluding hydrogens is 300 g/mol. The SMILES string of the molecule is C=CC(=O)OCCOC(=O)/C=C\C(=O)O.C=Cc1ccccc1. The lowest BCUT2D eigenvalue weighted by atomic mass is 10.2. The molecule has 0 aliphatic heterocycles. The lowest BCUT2D eigenvalue weighted by molar-refractivity contribution is -0.146. The van der Waals surface area contributed by atoms with Gasteiger partial charge in [-0.25, -0.2) is 14.4 Å². The fourth-order valence-corrected chi connectivity index (χ4v) is 1.12. The Balaban J connectivity index is 0.000000502. The topological polar surface area (TPSA) is 89.9 Å². The second-order valence-corrected chi connectivity index (χ2v) is 3.83. The minimum atomic E-state index is -1.25. The highest BCUT2D eigenvalue weighted by molar-refractivity contribution is 5.90. The maximum Gasteiger partial charge on any atom is 0.331 e. The molecule has 6 heteroatoms. The number of hydrogen-bond donors (Lipinski definition) is 1. The van der Waals surface area contributed by atoms with Crippen LogP contribution in [-0.4, -0.2) is 36.2 Å². The van der Waals surface area contributed by atoms with Crippen molar-refractivity contribution in [1.29, 1.82) is 0 Å². The zero-order chi connectivity index (χ0) is 17.5. The molecule has 0 bridgehead atoms. The minimum absolute atomic E-state index is 0.0997. The van der Waals surface area contributed by atoms with Crippen molar-refractivity contribution >= 4 is 24.0 Å². The number of benzene rings is 1. The highest BCUT2D eigenvalue weighted by Gasteiger charge is 1.99. The van der Waals surface area contributed by atoms with E-state index in [1.54, 1.807) is 0 Å². The van der Waals surface area contributed by atoms with Gasteiger partial charge in [0.2, 0.25) is 0 Å². The smallest absolute Gasteiger partial charge is 0.331 e. The predicted molar refractivity (Wildman–Crippen MR) is 85.4 cm³/mol. The molecule has 0 aliphatic carbocycles. The summed E-state index contributed by atoms with van der Waals surface area (Å²) < 4.78 is 8.98. The predicted octanol–water partition coefficient (Wildman–Crippen LogP) is 2.23. The molecule has 1 aromatic rings. The molecule has 0 saturated carbocycles. The molecule has 1 rings (SSSR count). The van der Waals surface area contributed by atoms with Gasteiger partial charge in [-0.05, 0) is 5.56 Å². The van der Waals surface area contributed by atoms with Crippen LogP contribution in [0.1, 0.15) is 5.56 Å². The molecule has 0 atom stereocenters. The van der Waals surface area contributed by atoms with Crippen molar-refractivity contribution in [3.8, 4) is 0 Å². The van der Waals surface area contributed by atoms with Crippen molar-refractivity contribution in [3.05, 3.63) is 67.3 Å². The van der Waals surface area contributed by atoms with E-state index in [9.17, 15) is 14.4 Å². The lowest BCUT2D eigenvalue weighted by Gasteiger charge is -2.01. The van der Waals surface area contributed by atoms with E-state index in [1.165, 1.54) is 5.56 Å². The first-order valence-electron chi connectivity index (χ1n) is 6.54. The number of carbonyl (C=O) groups is 3. The van der Waals surface area contributed by atoms with Crippen LogP contribution < -0.4 is 0 Å². The van der Waals surface area contributed by atoms with E-state index in [-0.39, 0.29) is 13.2 Å². The Morgan fingerprint density at radius 2 is 1.52 bits per heavy atom. The maximum absolute atomic E-state index is 10.7. The van der Waals surface area contributed by atoms with Crippen LogP contribution in [0, 0.1) is 0 Å². The van der Waals surface area contributed by atoms with Gasteiger partial charge < -0.3 is 14.6 Å². The summed E-state index contributed by atoms with van der Waals surface area (Å²) in [6.45, 7) is 6.56. The van der Waals surface area contributed by atoms with Gasteiger partial charge in [0.05, 0.1) is 0 Å². The molecule has 0 aliphatic rings. The zero-order valence-corrected chi connectivity index (χ0v) is 12.5. The van der Waals surface area contributed by atoms with E-state index in [4.69, 9.17) is 5.11 Å². The number of aliphatic carboxylic acids is 1. The third-order valence-electron chi connectivity index (χ3n) is 2.14. The van der Waals surface area contributed by atoms with Crippen LogP contribution in [0.15, 0.2) is 61.7 Å². The van der Waals surface area contributed by atoms with Crippen LogP contribution in [0.4, 0.5) is 0 Å². The van der Waals surface area contributed by atoms with Crippen molar-refractivity contribution in [3.63, 3.8) is 0 Å². The van der Waals surface area contributed by atoms with Crippen LogP contribution in [0.5, 0.6) is 0 Å². The van der Waals surface area contributed by atoms with Gasteiger partial charge in [-0.15, -0.1) is 0 Å². The standard InChI is InChI=1S/C9H10O6.C8H8/c1-2-8(12)14-5-6-15-9(13)4-3-7(10)11;1-2-8-6-4-3-5-7-8/h2-4H,1,5-6H2,(H,10,11);2-7H,1H2/b4-3-;. The third-order valence-corrected chi connectivity index (χ3v) is 2.14. The van der Waals surface area contributed by atoms with Crippen molar-refractivity contribution < 1.29 is 29.0 Å². The highest BCUT2D eigenvalue weighted by Crippen LogP contribution is 1.97. The molecule has 0 aromatic heterocycles. The summed E-state index contributed by atoms with van der Waals surface area (Å²) in [5, 5.41) is 8.16. The van der Waals surface area contributed by atoms with Crippen LogP contribution in [0.25, 0.3) is 6.08 Å². The largest absolute Gasteiger partial charge is 0.478 e. The van der Waals surface area contributed by atoms with Gasteiger partial charge in [0.1, 0.15) is 13.2 Å². The lowest BCUT2D eigenvalue weighted by Crippen LogP contribution is -2.11. The second-order valence-electron chi connectivity index (χ2n) is 3.83. The maximum atomic E-state index is 10.7. The molecule has 0 amide bonds. The first-order chi connectivity index (χ1) is 11.0. The summed E-state index contributed by atoms with van der Waals surface area (Å²) in [7, 11) is 0. The Morgan fingerprint density at radius 3 is 1.96 bits per heavy atom. The Kier molecular flexibility index (Phi) is 10.9. The van der Waals surface area contributed by atoms with Gasteiger partial charge in [0.25, 0.3) is 0 Å². The summed E-state index contributed by atoms with van der Waals surface area (Å²) in [6.07, 6.45) is 4.22. The summed E-state index contributed by atoms with van der Waals surface area (Å²) in [5.41, 5.74) is 1.17. The van der Waals surface area contributed by atoms with Crippen molar-refractivity contribution in [2.45, 2.75) is 0 Å². The number of esters is 2. The summed E-state index contributed by atoms with van der Waals surface area (Å²) in [6, 6.07) is 10.0. The average molecular weight is 318 g/mol. The molecule has 0 spiro atoms. The monoisotopic (exact) mass is 318 g/mol. The van der Waals surface area contributed by atoms with Crippen molar-refractivity contribution in [1.82, 2.24) is 0 Å². The van der Waals surface area contributed by atoms with Crippen LogP contribution in [0.3, 0.4) is 0 Å². The van der Waals surface area contributed by atoms with E-state index in [0.717, 1.165) is 12.2 Å². The molecule has 0 fully saturated rings. The number of carboxylic acid groups (broad SMARTS) is 1. The number of ether oxygens (including phenoxy) is 2. The molecule has 0 radical (unpaired) electrons. The average Bonchev–Trinajstić information content (AvgIpc) is 2.57. The Hall–Kier alpha value is -3.15. The van der Waals surface area contributed by atoms with Gasteiger partial charge in [0.15, 0.2) is 0 Å². The molecule has 6 nitrogen and oxygen atoms in total. The molecule has 0 unspecified atom stereocenters. The molecule has 0 heterocycles. The van der Waals surface area contributed by atoms with Gasteiger partial charge in [-0.1, -0.05) is 49.6 Å². The number of rotatable bonds is 7.